The second-order valence-electron chi connectivity index (χ2n) is 7.12. The molecule has 1 atom stereocenters. The smallest absolute Gasteiger partial charge is 0.235 e. The molecule has 1 amide bonds. The third kappa shape index (κ3) is 5.54. The normalized spacial score (nSPS) is 12.5. The van der Waals surface area contributed by atoms with E-state index in [-0.39, 0.29) is 11.8 Å². The van der Waals surface area contributed by atoms with Crippen LogP contribution in [0.15, 0.2) is 59.0 Å². The summed E-state index contributed by atoms with van der Waals surface area (Å²) in [6.45, 7) is 5.47. The van der Waals surface area contributed by atoms with Crippen LogP contribution in [0.2, 0.25) is 0 Å². The molecule has 0 fully saturated rings. The summed E-state index contributed by atoms with van der Waals surface area (Å²) in [6, 6.07) is 16.7. The number of sulfone groups is 1. The quantitative estimate of drug-likeness (QED) is 0.638. The summed E-state index contributed by atoms with van der Waals surface area (Å²) in [4.78, 5) is 16.6. The molecule has 3 aromatic rings. The molecule has 0 spiro atoms. The predicted octanol–water partition coefficient (Wildman–Crippen LogP) is 3.75. The monoisotopic (exact) mass is 412 g/mol. The maximum Gasteiger partial charge on any atom is 0.235 e. The van der Waals surface area contributed by atoms with Crippen molar-refractivity contribution in [3.05, 3.63) is 77.2 Å². The SMILES string of the molecule is Cc1ccc(-c2nc(CS(=O)(=O)CC(=O)NC(C)c3ccccc3)c(C)o2)cc1. The van der Waals surface area contributed by atoms with Gasteiger partial charge < -0.3 is 9.73 Å². The fraction of sp³-hybridized carbons (Fsp3) is 0.273. The average molecular weight is 413 g/mol. The summed E-state index contributed by atoms with van der Waals surface area (Å²) in [5, 5.41) is 2.73. The van der Waals surface area contributed by atoms with Crippen molar-refractivity contribution in [3.8, 4) is 11.5 Å². The lowest BCUT2D eigenvalue weighted by atomic mass is 10.1. The van der Waals surface area contributed by atoms with Crippen molar-refractivity contribution in [2.45, 2.75) is 32.6 Å². The molecule has 1 unspecified atom stereocenters. The molecule has 3 rings (SSSR count). The third-order valence-corrected chi connectivity index (χ3v) is 5.99. The van der Waals surface area contributed by atoms with Gasteiger partial charge in [-0.2, -0.15) is 0 Å². The Morgan fingerprint density at radius 2 is 1.72 bits per heavy atom. The molecule has 1 heterocycles. The highest BCUT2D eigenvalue weighted by Crippen LogP contribution is 2.23. The van der Waals surface area contributed by atoms with Crippen LogP contribution in [0.3, 0.4) is 0 Å². The molecule has 7 heteroatoms. The van der Waals surface area contributed by atoms with Crippen molar-refractivity contribution in [1.82, 2.24) is 10.3 Å². The van der Waals surface area contributed by atoms with E-state index in [9.17, 15) is 13.2 Å². The van der Waals surface area contributed by atoms with Crippen LogP contribution in [-0.2, 0) is 20.4 Å². The number of carbonyl (C=O) groups excluding carboxylic acids is 1. The summed E-state index contributed by atoms with van der Waals surface area (Å²) in [5.74, 6) is -0.684. The van der Waals surface area contributed by atoms with Gasteiger partial charge in [-0.1, -0.05) is 48.0 Å². The van der Waals surface area contributed by atoms with Crippen LogP contribution in [0.1, 0.15) is 35.5 Å². The number of nitrogens with zero attached hydrogens (tertiary/aromatic N) is 1. The number of carbonyl (C=O) groups is 1. The van der Waals surface area contributed by atoms with Gasteiger partial charge in [0.15, 0.2) is 9.84 Å². The fourth-order valence-electron chi connectivity index (χ4n) is 2.95. The van der Waals surface area contributed by atoms with E-state index in [1.165, 1.54) is 0 Å². The maximum atomic E-state index is 12.5. The minimum Gasteiger partial charge on any atom is -0.441 e. The third-order valence-electron chi connectivity index (χ3n) is 4.58. The van der Waals surface area contributed by atoms with Gasteiger partial charge in [0.25, 0.3) is 0 Å². The van der Waals surface area contributed by atoms with E-state index in [1.54, 1.807) is 6.92 Å². The van der Waals surface area contributed by atoms with Crippen LogP contribution < -0.4 is 5.32 Å². The van der Waals surface area contributed by atoms with Gasteiger partial charge in [-0.25, -0.2) is 13.4 Å². The lowest BCUT2D eigenvalue weighted by molar-refractivity contribution is -0.119. The fourth-order valence-corrected chi connectivity index (χ4v) is 4.22. The highest BCUT2D eigenvalue weighted by Gasteiger charge is 2.23. The van der Waals surface area contributed by atoms with Gasteiger partial charge in [0.1, 0.15) is 11.5 Å². The Hall–Kier alpha value is -2.93. The van der Waals surface area contributed by atoms with Crippen LogP contribution in [0.5, 0.6) is 0 Å². The number of amides is 1. The Bertz CT molecular complexity index is 1090. The molecular formula is C22H24N2O4S. The van der Waals surface area contributed by atoms with Gasteiger partial charge >= 0.3 is 0 Å². The number of hydrogen-bond acceptors (Lipinski definition) is 5. The molecule has 0 saturated carbocycles. The van der Waals surface area contributed by atoms with Gasteiger partial charge in [0.2, 0.25) is 11.8 Å². The van der Waals surface area contributed by atoms with E-state index in [1.807, 2.05) is 68.4 Å². The van der Waals surface area contributed by atoms with Crippen LogP contribution in [0.25, 0.3) is 11.5 Å². The second-order valence-corrected chi connectivity index (χ2v) is 9.18. The zero-order valence-corrected chi connectivity index (χ0v) is 17.5. The van der Waals surface area contributed by atoms with Gasteiger partial charge in [-0.3, -0.25) is 4.79 Å². The van der Waals surface area contributed by atoms with E-state index < -0.39 is 21.5 Å². The minimum absolute atomic E-state index is 0.277. The molecule has 0 aliphatic carbocycles. The molecule has 0 bridgehead atoms. The maximum absolute atomic E-state index is 12.5. The van der Waals surface area contributed by atoms with Crippen molar-refractivity contribution in [2.75, 3.05) is 5.75 Å². The first kappa shape index (κ1) is 20.8. The first-order valence-corrected chi connectivity index (χ1v) is 11.1. The van der Waals surface area contributed by atoms with E-state index in [4.69, 9.17) is 4.42 Å². The van der Waals surface area contributed by atoms with Crippen LogP contribution in [0.4, 0.5) is 0 Å². The number of rotatable bonds is 7. The highest BCUT2D eigenvalue weighted by molar-refractivity contribution is 7.91. The number of aryl methyl sites for hydroxylation is 2. The first-order chi connectivity index (χ1) is 13.7. The molecular weight excluding hydrogens is 388 g/mol. The number of benzene rings is 2. The number of oxazole rings is 1. The Balaban J connectivity index is 1.66. The summed E-state index contributed by atoms with van der Waals surface area (Å²) >= 11 is 0. The summed E-state index contributed by atoms with van der Waals surface area (Å²) in [6.07, 6.45) is 0. The number of hydrogen-bond donors (Lipinski definition) is 1. The Kier molecular flexibility index (Phi) is 6.17. The molecule has 2 aromatic carbocycles. The van der Waals surface area contributed by atoms with Crippen molar-refractivity contribution in [3.63, 3.8) is 0 Å². The molecule has 152 valence electrons. The van der Waals surface area contributed by atoms with Gasteiger partial charge in [0.05, 0.1) is 17.5 Å². The van der Waals surface area contributed by atoms with Crippen LogP contribution in [0, 0.1) is 13.8 Å². The lowest BCUT2D eigenvalue weighted by Crippen LogP contribution is -2.32. The summed E-state index contributed by atoms with van der Waals surface area (Å²) in [7, 11) is -3.69. The minimum atomic E-state index is -3.69. The van der Waals surface area contributed by atoms with Gasteiger partial charge in [-0.15, -0.1) is 0 Å². The van der Waals surface area contributed by atoms with E-state index in [0.29, 0.717) is 17.3 Å². The summed E-state index contributed by atoms with van der Waals surface area (Å²) < 4.78 is 30.7. The molecule has 1 N–H and O–H groups in total. The van der Waals surface area contributed by atoms with Crippen LogP contribution in [-0.4, -0.2) is 25.1 Å². The molecule has 1 aromatic heterocycles. The second kappa shape index (κ2) is 8.61. The topological polar surface area (TPSA) is 89.3 Å². The largest absolute Gasteiger partial charge is 0.441 e. The first-order valence-electron chi connectivity index (χ1n) is 9.31. The van der Waals surface area contributed by atoms with Crippen molar-refractivity contribution in [1.29, 1.82) is 0 Å². The highest BCUT2D eigenvalue weighted by atomic mass is 32.2. The van der Waals surface area contributed by atoms with Crippen LogP contribution >= 0.6 is 0 Å². The standard InChI is InChI=1S/C22H24N2O4S/c1-15-9-11-19(12-10-15)22-24-20(17(3)28-22)13-29(26,27)14-21(25)23-16(2)18-7-5-4-6-8-18/h4-12,16H,13-14H2,1-3H3,(H,23,25). The molecule has 0 aliphatic rings. The van der Waals surface area contributed by atoms with E-state index in [2.05, 4.69) is 10.3 Å². The van der Waals surface area contributed by atoms with E-state index in [0.717, 1.165) is 16.7 Å². The molecule has 29 heavy (non-hydrogen) atoms. The molecule has 0 radical (unpaired) electrons. The number of nitrogens with one attached hydrogen (secondary N) is 1. The zero-order valence-electron chi connectivity index (χ0n) is 16.7. The Labute approximate surface area is 170 Å². The van der Waals surface area contributed by atoms with Gasteiger partial charge in [0, 0.05) is 5.56 Å². The van der Waals surface area contributed by atoms with Gasteiger partial charge in [-0.05, 0) is 38.5 Å². The average Bonchev–Trinajstić information content (AvgIpc) is 3.02. The molecule has 6 nitrogen and oxygen atoms in total. The Morgan fingerprint density at radius 3 is 2.38 bits per heavy atom. The number of aromatic nitrogens is 1. The van der Waals surface area contributed by atoms with Crippen molar-refractivity contribution >= 4 is 15.7 Å². The molecule has 0 saturated heterocycles. The zero-order chi connectivity index (χ0) is 21.0. The summed E-state index contributed by atoms with van der Waals surface area (Å²) in [5.41, 5.74) is 3.12. The predicted molar refractivity (Wildman–Crippen MR) is 112 cm³/mol. The van der Waals surface area contributed by atoms with E-state index >= 15 is 0 Å². The molecule has 0 aliphatic heterocycles. The lowest BCUT2D eigenvalue weighted by Gasteiger charge is -2.14. The Morgan fingerprint density at radius 1 is 1.07 bits per heavy atom. The van der Waals surface area contributed by atoms with Crippen molar-refractivity contribution in [2.24, 2.45) is 0 Å². The van der Waals surface area contributed by atoms with Crippen molar-refractivity contribution < 1.29 is 17.6 Å².